The molecule has 0 saturated carbocycles. The summed E-state index contributed by atoms with van der Waals surface area (Å²) in [6.45, 7) is 2.95. The molecule has 0 atom stereocenters. The summed E-state index contributed by atoms with van der Waals surface area (Å²) in [5.41, 5.74) is 0. The molecule has 13 heavy (non-hydrogen) atoms. The number of rotatable bonds is 6. The van der Waals surface area contributed by atoms with Gasteiger partial charge in [0, 0.05) is 12.8 Å². The van der Waals surface area contributed by atoms with E-state index in [2.05, 4.69) is 11.9 Å². The summed E-state index contributed by atoms with van der Waals surface area (Å²) in [5.74, 6) is 0.731. The third kappa shape index (κ3) is 5.18. The highest BCUT2D eigenvalue weighted by atomic mass is 33.1. The van der Waals surface area contributed by atoms with Gasteiger partial charge in [-0.3, -0.25) is 0 Å². The molecule has 0 N–H and O–H groups in total. The van der Waals surface area contributed by atoms with Crippen LogP contribution < -0.4 is 0 Å². The average Bonchev–Trinajstić information content (AvgIpc) is 2.19. The molecule has 1 heterocycles. The summed E-state index contributed by atoms with van der Waals surface area (Å²) in [6, 6.07) is 5.91. The lowest BCUT2D eigenvalue weighted by atomic mass is 10.5. The van der Waals surface area contributed by atoms with E-state index in [-0.39, 0.29) is 0 Å². The lowest BCUT2D eigenvalue weighted by Gasteiger charge is -2.00. The summed E-state index contributed by atoms with van der Waals surface area (Å²) < 4.78 is 5.32. The van der Waals surface area contributed by atoms with Gasteiger partial charge in [0.2, 0.25) is 0 Å². The van der Waals surface area contributed by atoms with Gasteiger partial charge >= 0.3 is 0 Å². The van der Waals surface area contributed by atoms with Gasteiger partial charge in [-0.05, 0) is 29.3 Å². The minimum absolute atomic E-state index is 0.731. The van der Waals surface area contributed by atoms with Crippen LogP contribution in [0.5, 0.6) is 0 Å². The van der Waals surface area contributed by atoms with Gasteiger partial charge in [-0.1, -0.05) is 23.8 Å². The molecule has 0 bridgehead atoms. The molecule has 1 aromatic heterocycles. The Kier molecular flexibility index (Phi) is 6.06. The number of nitrogens with zero attached hydrogens (tertiary/aromatic N) is 1. The minimum atomic E-state index is 0.731. The van der Waals surface area contributed by atoms with Crippen molar-refractivity contribution in [3.63, 3.8) is 0 Å². The first-order chi connectivity index (χ1) is 6.43. The smallest absolute Gasteiger partial charge is 0.107 e. The van der Waals surface area contributed by atoms with Gasteiger partial charge in [0.15, 0.2) is 0 Å². The third-order valence-electron chi connectivity index (χ3n) is 1.26. The first-order valence-corrected chi connectivity index (χ1v) is 6.53. The molecule has 2 nitrogen and oxygen atoms in total. The maximum absolute atomic E-state index is 5.32. The van der Waals surface area contributed by atoms with Crippen molar-refractivity contribution in [2.45, 2.75) is 18.4 Å². The van der Waals surface area contributed by atoms with Crippen LogP contribution in [0.1, 0.15) is 13.3 Å². The summed E-state index contributed by atoms with van der Waals surface area (Å²) in [4.78, 5) is 4.18. The second-order valence-electron chi connectivity index (χ2n) is 2.40. The molecule has 0 fully saturated rings. The van der Waals surface area contributed by atoms with Crippen molar-refractivity contribution < 1.29 is 4.74 Å². The number of hydrogen-bond donors (Lipinski definition) is 0. The molecular weight excluding hydrogens is 202 g/mol. The minimum Gasteiger partial charge on any atom is -0.370 e. The van der Waals surface area contributed by atoms with Crippen molar-refractivity contribution in [1.29, 1.82) is 0 Å². The van der Waals surface area contributed by atoms with E-state index >= 15 is 0 Å². The Bertz CT molecular complexity index is 218. The third-order valence-corrected chi connectivity index (χ3v) is 3.21. The molecule has 0 unspecified atom stereocenters. The standard InChI is InChI=1S/C9H13NOS2/c1-2-7-11-8-12-13-9-5-3-4-6-10-9/h3-6H,2,7-8H2,1H3. The number of pyridine rings is 1. The Morgan fingerprint density at radius 3 is 3.08 bits per heavy atom. The molecule has 1 aromatic rings. The quantitative estimate of drug-likeness (QED) is 0.413. The Labute approximate surface area is 86.9 Å². The van der Waals surface area contributed by atoms with Gasteiger partial charge < -0.3 is 4.74 Å². The van der Waals surface area contributed by atoms with E-state index in [9.17, 15) is 0 Å². The molecule has 0 radical (unpaired) electrons. The summed E-state index contributed by atoms with van der Waals surface area (Å²) >= 11 is 0. The molecule has 0 aliphatic heterocycles. The zero-order valence-corrected chi connectivity index (χ0v) is 9.24. The lowest BCUT2D eigenvalue weighted by Crippen LogP contribution is -1.89. The lowest BCUT2D eigenvalue weighted by molar-refractivity contribution is 0.184. The number of hydrogen-bond acceptors (Lipinski definition) is 4. The summed E-state index contributed by atoms with van der Waals surface area (Å²) in [5, 5.41) is 1.03. The fourth-order valence-corrected chi connectivity index (χ4v) is 2.32. The van der Waals surface area contributed by atoms with Crippen LogP contribution in [-0.4, -0.2) is 17.5 Å². The topological polar surface area (TPSA) is 22.1 Å². The predicted molar refractivity (Wildman–Crippen MR) is 58.8 cm³/mol. The molecule has 72 valence electrons. The normalized spacial score (nSPS) is 10.2. The first kappa shape index (κ1) is 10.9. The maximum Gasteiger partial charge on any atom is 0.107 e. The van der Waals surface area contributed by atoms with Crippen LogP contribution in [0, 0.1) is 0 Å². The predicted octanol–water partition coefficient (Wildman–Crippen LogP) is 3.21. The van der Waals surface area contributed by atoms with Crippen LogP contribution in [-0.2, 0) is 4.74 Å². The van der Waals surface area contributed by atoms with Crippen LogP contribution in [0.4, 0.5) is 0 Å². The van der Waals surface area contributed by atoms with E-state index in [4.69, 9.17) is 4.74 Å². The van der Waals surface area contributed by atoms with Crippen molar-refractivity contribution in [2.75, 3.05) is 12.5 Å². The molecule has 0 spiro atoms. The largest absolute Gasteiger partial charge is 0.370 e. The zero-order valence-electron chi connectivity index (χ0n) is 7.60. The maximum atomic E-state index is 5.32. The molecule has 0 aliphatic carbocycles. The highest BCUT2D eigenvalue weighted by Crippen LogP contribution is 2.28. The van der Waals surface area contributed by atoms with Crippen LogP contribution in [0.3, 0.4) is 0 Å². The van der Waals surface area contributed by atoms with Gasteiger partial charge in [0.1, 0.15) is 11.0 Å². The number of ether oxygens (including phenoxy) is 1. The molecule has 0 amide bonds. The Morgan fingerprint density at radius 1 is 1.46 bits per heavy atom. The van der Waals surface area contributed by atoms with E-state index in [1.54, 1.807) is 27.8 Å². The van der Waals surface area contributed by atoms with Crippen molar-refractivity contribution in [1.82, 2.24) is 4.98 Å². The molecular formula is C9H13NOS2. The van der Waals surface area contributed by atoms with Crippen molar-refractivity contribution in [3.05, 3.63) is 24.4 Å². The van der Waals surface area contributed by atoms with Crippen molar-refractivity contribution in [3.8, 4) is 0 Å². The molecule has 0 aromatic carbocycles. The second kappa shape index (κ2) is 7.24. The number of aromatic nitrogens is 1. The van der Waals surface area contributed by atoms with E-state index in [1.807, 2.05) is 18.2 Å². The Hall–Kier alpha value is -0.190. The van der Waals surface area contributed by atoms with Gasteiger partial charge in [-0.15, -0.1) is 0 Å². The van der Waals surface area contributed by atoms with E-state index in [1.165, 1.54) is 0 Å². The average molecular weight is 215 g/mol. The van der Waals surface area contributed by atoms with Gasteiger partial charge in [0.25, 0.3) is 0 Å². The fourth-order valence-electron chi connectivity index (χ4n) is 0.718. The van der Waals surface area contributed by atoms with Crippen LogP contribution in [0.15, 0.2) is 29.4 Å². The van der Waals surface area contributed by atoms with Crippen LogP contribution >= 0.6 is 21.6 Å². The van der Waals surface area contributed by atoms with E-state index in [0.717, 1.165) is 24.0 Å². The highest BCUT2D eigenvalue weighted by Gasteiger charge is 1.93. The van der Waals surface area contributed by atoms with Crippen LogP contribution in [0.2, 0.25) is 0 Å². The highest BCUT2D eigenvalue weighted by molar-refractivity contribution is 8.76. The van der Waals surface area contributed by atoms with Crippen molar-refractivity contribution in [2.24, 2.45) is 0 Å². The monoisotopic (exact) mass is 215 g/mol. The fraction of sp³-hybridized carbons (Fsp3) is 0.444. The summed E-state index contributed by atoms with van der Waals surface area (Å²) in [7, 11) is 3.33. The first-order valence-electron chi connectivity index (χ1n) is 4.21. The molecule has 1 rings (SSSR count). The Balaban J connectivity index is 2.07. The molecule has 0 aliphatic rings. The van der Waals surface area contributed by atoms with Gasteiger partial charge in [-0.2, -0.15) is 0 Å². The molecule has 0 saturated heterocycles. The Morgan fingerprint density at radius 2 is 2.38 bits per heavy atom. The van der Waals surface area contributed by atoms with E-state index in [0.29, 0.717) is 0 Å². The summed E-state index contributed by atoms with van der Waals surface area (Å²) in [6.07, 6.45) is 2.88. The van der Waals surface area contributed by atoms with Gasteiger partial charge in [0.05, 0.1) is 0 Å². The second-order valence-corrected chi connectivity index (χ2v) is 4.66. The van der Waals surface area contributed by atoms with Gasteiger partial charge in [-0.25, -0.2) is 4.98 Å². The SMILES string of the molecule is CCCOCSSc1ccccn1. The van der Waals surface area contributed by atoms with Crippen LogP contribution in [0.25, 0.3) is 0 Å². The molecule has 4 heteroatoms. The zero-order chi connectivity index (χ0) is 9.36. The van der Waals surface area contributed by atoms with E-state index < -0.39 is 0 Å². The van der Waals surface area contributed by atoms with Crippen molar-refractivity contribution >= 4 is 21.6 Å².